The number of amides is 2. The third kappa shape index (κ3) is 5.86. The number of hydrogen-bond donors (Lipinski definition) is 2. The van der Waals surface area contributed by atoms with Gasteiger partial charge in [0.15, 0.2) is 0 Å². The van der Waals surface area contributed by atoms with E-state index in [-0.39, 0.29) is 12.2 Å². The van der Waals surface area contributed by atoms with E-state index in [9.17, 15) is 22.8 Å². The van der Waals surface area contributed by atoms with Gasteiger partial charge in [0.1, 0.15) is 5.75 Å². The van der Waals surface area contributed by atoms with E-state index in [1.807, 2.05) is 18.2 Å². The van der Waals surface area contributed by atoms with Gasteiger partial charge in [-0.3, -0.25) is 9.59 Å². The molecule has 150 valence electrons. The molecule has 3 aromatic rings. The Morgan fingerprint density at radius 1 is 0.897 bits per heavy atom. The number of ether oxygens (including phenoxy) is 1. The molecule has 0 unspecified atom stereocenters. The summed E-state index contributed by atoms with van der Waals surface area (Å²) < 4.78 is 45.1. The third-order valence-electron chi connectivity index (χ3n) is 3.81. The van der Waals surface area contributed by atoms with Gasteiger partial charge in [0, 0.05) is 17.8 Å². The molecule has 0 saturated carbocycles. The van der Waals surface area contributed by atoms with Crippen LogP contribution in [0.3, 0.4) is 0 Å². The molecule has 1 heterocycles. The van der Waals surface area contributed by atoms with Crippen molar-refractivity contribution in [2.45, 2.75) is 12.9 Å². The first-order valence-corrected chi connectivity index (χ1v) is 8.37. The van der Waals surface area contributed by atoms with Crippen LogP contribution in [0, 0.1) is 0 Å². The van der Waals surface area contributed by atoms with Crippen LogP contribution in [0.25, 0.3) is 11.1 Å². The smallest absolute Gasteiger partial charge is 0.472 e. The number of carbonyl (C=O) groups excluding carboxylic acids is 2. The maximum absolute atomic E-state index is 12.1. The monoisotopic (exact) mass is 404 g/mol. The zero-order valence-corrected chi connectivity index (χ0v) is 14.8. The Kier molecular flexibility index (Phi) is 5.87. The van der Waals surface area contributed by atoms with Crippen molar-refractivity contribution >= 4 is 17.5 Å². The SMILES string of the molecule is O=C(NCc1ccc(-c2ccoc2)cc1)C(=O)Nc1ccc(OC(F)(F)F)cc1. The van der Waals surface area contributed by atoms with Crippen LogP contribution >= 0.6 is 0 Å². The molecule has 0 radical (unpaired) electrons. The maximum Gasteiger partial charge on any atom is 0.573 e. The molecule has 3 rings (SSSR count). The minimum atomic E-state index is -4.80. The summed E-state index contributed by atoms with van der Waals surface area (Å²) >= 11 is 0. The molecule has 9 heteroatoms. The van der Waals surface area contributed by atoms with Gasteiger partial charge in [-0.25, -0.2) is 0 Å². The number of carbonyl (C=O) groups is 2. The van der Waals surface area contributed by atoms with Crippen LogP contribution in [-0.2, 0) is 16.1 Å². The first-order valence-electron chi connectivity index (χ1n) is 8.37. The van der Waals surface area contributed by atoms with E-state index >= 15 is 0 Å². The van der Waals surface area contributed by atoms with Crippen molar-refractivity contribution in [2.75, 3.05) is 5.32 Å². The highest BCUT2D eigenvalue weighted by Gasteiger charge is 2.31. The topological polar surface area (TPSA) is 80.6 Å². The van der Waals surface area contributed by atoms with E-state index in [0.717, 1.165) is 28.8 Å². The molecule has 0 bridgehead atoms. The number of nitrogens with one attached hydrogen (secondary N) is 2. The highest BCUT2D eigenvalue weighted by Crippen LogP contribution is 2.24. The lowest BCUT2D eigenvalue weighted by Gasteiger charge is -2.10. The summed E-state index contributed by atoms with van der Waals surface area (Å²) in [6, 6.07) is 13.6. The Morgan fingerprint density at radius 2 is 1.59 bits per heavy atom. The Bertz CT molecular complexity index is 966. The van der Waals surface area contributed by atoms with Gasteiger partial charge in [-0.05, 0) is 41.5 Å². The number of hydrogen-bond acceptors (Lipinski definition) is 4. The second-order valence-corrected chi connectivity index (χ2v) is 5.92. The lowest BCUT2D eigenvalue weighted by molar-refractivity contribution is -0.274. The molecular weight excluding hydrogens is 389 g/mol. The first kappa shape index (κ1) is 20.0. The van der Waals surface area contributed by atoms with Crippen molar-refractivity contribution in [3.63, 3.8) is 0 Å². The fourth-order valence-electron chi connectivity index (χ4n) is 2.43. The lowest BCUT2D eigenvalue weighted by atomic mass is 10.1. The van der Waals surface area contributed by atoms with Gasteiger partial charge in [0.25, 0.3) is 0 Å². The van der Waals surface area contributed by atoms with E-state index in [1.165, 1.54) is 12.1 Å². The van der Waals surface area contributed by atoms with E-state index in [4.69, 9.17) is 4.42 Å². The number of rotatable bonds is 5. The van der Waals surface area contributed by atoms with Crippen LogP contribution < -0.4 is 15.4 Å². The minimum Gasteiger partial charge on any atom is -0.472 e. The Labute approximate surface area is 163 Å². The molecule has 0 aliphatic heterocycles. The van der Waals surface area contributed by atoms with Gasteiger partial charge in [-0.2, -0.15) is 0 Å². The molecule has 29 heavy (non-hydrogen) atoms. The van der Waals surface area contributed by atoms with Crippen LogP contribution in [0.5, 0.6) is 5.75 Å². The molecule has 0 fully saturated rings. The molecule has 0 aliphatic carbocycles. The van der Waals surface area contributed by atoms with Crippen molar-refractivity contribution in [3.05, 3.63) is 72.7 Å². The summed E-state index contributed by atoms with van der Waals surface area (Å²) in [5.74, 6) is -2.25. The molecule has 6 nitrogen and oxygen atoms in total. The van der Waals surface area contributed by atoms with Gasteiger partial charge >= 0.3 is 18.2 Å². The summed E-state index contributed by atoms with van der Waals surface area (Å²) in [6.07, 6.45) is -1.62. The van der Waals surface area contributed by atoms with Crippen LogP contribution in [-0.4, -0.2) is 18.2 Å². The zero-order valence-electron chi connectivity index (χ0n) is 14.8. The van der Waals surface area contributed by atoms with Crippen molar-refractivity contribution in [1.29, 1.82) is 0 Å². The molecular formula is C20H15F3N2O4. The lowest BCUT2D eigenvalue weighted by Crippen LogP contribution is -2.34. The predicted molar refractivity (Wildman–Crippen MR) is 97.7 cm³/mol. The molecule has 0 saturated heterocycles. The standard InChI is InChI=1S/C20H15F3N2O4/c21-20(22,23)29-17-7-5-16(6-8-17)25-19(27)18(26)24-11-13-1-3-14(4-2-13)15-9-10-28-12-15/h1-10,12H,11H2,(H,24,26)(H,25,27). The molecule has 1 aromatic heterocycles. The normalized spacial score (nSPS) is 11.0. The largest absolute Gasteiger partial charge is 0.573 e. The highest BCUT2D eigenvalue weighted by molar-refractivity contribution is 6.39. The highest BCUT2D eigenvalue weighted by atomic mass is 19.4. The van der Waals surface area contributed by atoms with E-state index in [2.05, 4.69) is 15.4 Å². The van der Waals surface area contributed by atoms with E-state index in [1.54, 1.807) is 24.7 Å². The average Bonchev–Trinajstić information content (AvgIpc) is 3.21. The first-order chi connectivity index (χ1) is 13.8. The zero-order chi connectivity index (χ0) is 20.9. The average molecular weight is 404 g/mol. The summed E-state index contributed by atoms with van der Waals surface area (Å²) in [6.45, 7) is 0.135. The Morgan fingerprint density at radius 3 is 2.17 bits per heavy atom. The molecule has 0 atom stereocenters. The molecule has 0 aliphatic rings. The second-order valence-electron chi connectivity index (χ2n) is 5.92. The van der Waals surface area contributed by atoms with E-state index in [0.29, 0.717) is 0 Å². The van der Waals surface area contributed by atoms with Crippen molar-refractivity contribution < 1.29 is 31.9 Å². The quantitative estimate of drug-likeness (QED) is 0.628. The van der Waals surface area contributed by atoms with Crippen LogP contribution in [0.2, 0.25) is 0 Å². The summed E-state index contributed by atoms with van der Waals surface area (Å²) in [5, 5.41) is 4.77. The van der Waals surface area contributed by atoms with Crippen LogP contribution in [0.1, 0.15) is 5.56 Å². The van der Waals surface area contributed by atoms with Gasteiger partial charge < -0.3 is 19.8 Å². The number of furan rings is 1. The number of anilines is 1. The van der Waals surface area contributed by atoms with Gasteiger partial charge in [0.2, 0.25) is 0 Å². The molecule has 0 spiro atoms. The molecule has 2 N–H and O–H groups in total. The molecule has 2 aromatic carbocycles. The van der Waals surface area contributed by atoms with Gasteiger partial charge in [-0.15, -0.1) is 13.2 Å². The third-order valence-corrected chi connectivity index (χ3v) is 3.81. The van der Waals surface area contributed by atoms with E-state index < -0.39 is 23.9 Å². The summed E-state index contributed by atoms with van der Waals surface area (Å²) in [7, 11) is 0. The summed E-state index contributed by atoms with van der Waals surface area (Å²) in [5.41, 5.74) is 2.81. The van der Waals surface area contributed by atoms with Crippen LogP contribution in [0.4, 0.5) is 18.9 Å². The summed E-state index contributed by atoms with van der Waals surface area (Å²) in [4.78, 5) is 23.8. The Hall–Kier alpha value is -3.75. The van der Waals surface area contributed by atoms with Gasteiger partial charge in [0.05, 0.1) is 12.5 Å². The predicted octanol–water partition coefficient (Wildman–Crippen LogP) is 4.10. The Balaban J connectivity index is 1.50. The van der Waals surface area contributed by atoms with Crippen molar-refractivity contribution in [3.8, 4) is 16.9 Å². The maximum atomic E-state index is 12.1. The fourth-order valence-corrected chi connectivity index (χ4v) is 2.43. The number of benzene rings is 2. The molecule has 2 amide bonds. The number of halogens is 3. The van der Waals surface area contributed by atoms with Crippen molar-refractivity contribution in [1.82, 2.24) is 5.32 Å². The van der Waals surface area contributed by atoms with Crippen LogP contribution in [0.15, 0.2) is 71.5 Å². The minimum absolute atomic E-state index is 0.135. The van der Waals surface area contributed by atoms with Gasteiger partial charge in [-0.1, -0.05) is 24.3 Å². The van der Waals surface area contributed by atoms with Crippen molar-refractivity contribution in [2.24, 2.45) is 0 Å². The number of alkyl halides is 3. The fraction of sp³-hybridized carbons (Fsp3) is 0.100. The second kappa shape index (κ2) is 8.51.